The van der Waals surface area contributed by atoms with Crippen molar-refractivity contribution in [2.24, 2.45) is 0 Å². The van der Waals surface area contributed by atoms with Gasteiger partial charge in [0.2, 0.25) is 5.91 Å². The van der Waals surface area contributed by atoms with E-state index < -0.39 is 0 Å². The van der Waals surface area contributed by atoms with Crippen molar-refractivity contribution in [2.75, 3.05) is 33.4 Å². The molecule has 0 saturated carbocycles. The highest BCUT2D eigenvalue weighted by Crippen LogP contribution is 2.19. The van der Waals surface area contributed by atoms with Gasteiger partial charge in [0.25, 0.3) is 0 Å². The van der Waals surface area contributed by atoms with Crippen molar-refractivity contribution in [2.45, 2.75) is 13.0 Å². The number of fused-ring (bicyclic) bond motifs is 1. The molecule has 0 fully saturated rings. The number of carbonyl (C=O) groups is 1. The number of ether oxygens (including phenoxy) is 1. The number of benzene rings is 2. The molecule has 0 aliphatic rings. The molecule has 148 valence electrons. The van der Waals surface area contributed by atoms with E-state index in [1.54, 1.807) is 19.2 Å². The second-order valence-corrected chi connectivity index (χ2v) is 6.72. The number of methoxy groups -OCH3 is 1. The predicted octanol–water partition coefficient (Wildman–Crippen LogP) is 3.11. The number of para-hydroxylation sites is 1. The minimum atomic E-state index is -0.276. The highest BCUT2D eigenvalue weighted by atomic mass is 19.1. The largest absolute Gasteiger partial charge is 0.383 e. The van der Waals surface area contributed by atoms with Crippen LogP contribution in [0.1, 0.15) is 11.1 Å². The van der Waals surface area contributed by atoms with Gasteiger partial charge in [0, 0.05) is 43.8 Å². The Balaban J connectivity index is 1.67. The van der Waals surface area contributed by atoms with E-state index in [4.69, 9.17) is 4.74 Å². The van der Waals surface area contributed by atoms with Crippen LogP contribution in [0.25, 0.3) is 10.9 Å². The van der Waals surface area contributed by atoms with Gasteiger partial charge in [-0.3, -0.25) is 4.79 Å². The predicted molar refractivity (Wildman–Crippen MR) is 109 cm³/mol. The Kier molecular flexibility index (Phi) is 7.17. The van der Waals surface area contributed by atoms with E-state index in [-0.39, 0.29) is 18.3 Å². The van der Waals surface area contributed by atoms with Gasteiger partial charge in [-0.1, -0.05) is 30.3 Å². The summed E-state index contributed by atoms with van der Waals surface area (Å²) < 4.78 is 18.2. The zero-order chi connectivity index (χ0) is 19.8. The van der Waals surface area contributed by atoms with Crippen molar-refractivity contribution >= 4 is 16.8 Å². The van der Waals surface area contributed by atoms with Gasteiger partial charge in [0.15, 0.2) is 0 Å². The average Bonchev–Trinajstić information content (AvgIpc) is 3.13. The van der Waals surface area contributed by atoms with Crippen molar-refractivity contribution in [3.05, 3.63) is 71.7 Å². The van der Waals surface area contributed by atoms with E-state index in [2.05, 4.69) is 16.4 Å². The van der Waals surface area contributed by atoms with Crippen molar-refractivity contribution in [1.29, 1.82) is 0 Å². The van der Waals surface area contributed by atoms with Crippen LogP contribution in [0.15, 0.2) is 54.7 Å². The van der Waals surface area contributed by atoms with Crippen LogP contribution in [0.4, 0.5) is 4.39 Å². The topological polar surface area (TPSA) is 57.4 Å². The lowest BCUT2D eigenvalue weighted by molar-refractivity contribution is -0.130. The first-order valence-electron chi connectivity index (χ1n) is 9.44. The van der Waals surface area contributed by atoms with Crippen molar-refractivity contribution < 1.29 is 13.9 Å². The van der Waals surface area contributed by atoms with Gasteiger partial charge in [0.05, 0.1) is 13.2 Å². The SMILES string of the molecule is COCCNCC(=O)N(CCc1c[nH]c2ccccc12)Cc1ccc(F)cc1. The summed E-state index contributed by atoms with van der Waals surface area (Å²) in [6.45, 7) is 2.46. The molecule has 0 spiro atoms. The third-order valence-corrected chi connectivity index (χ3v) is 4.72. The number of aromatic amines is 1. The molecule has 0 unspecified atom stereocenters. The van der Waals surface area contributed by atoms with Crippen molar-refractivity contribution in [1.82, 2.24) is 15.2 Å². The maximum atomic E-state index is 13.2. The van der Waals surface area contributed by atoms with E-state index in [0.717, 1.165) is 17.5 Å². The van der Waals surface area contributed by atoms with E-state index >= 15 is 0 Å². The summed E-state index contributed by atoms with van der Waals surface area (Å²) in [6, 6.07) is 14.4. The first kappa shape index (κ1) is 20.0. The van der Waals surface area contributed by atoms with Crippen LogP contribution < -0.4 is 5.32 Å². The molecule has 0 aliphatic heterocycles. The monoisotopic (exact) mass is 383 g/mol. The second-order valence-electron chi connectivity index (χ2n) is 6.72. The van der Waals surface area contributed by atoms with E-state index in [0.29, 0.717) is 26.2 Å². The Hall–Kier alpha value is -2.70. The van der Waals surface area contributed by atoms with Gasteiger partial charge in [-0.25, -0.2) is 4.39 Å². The quantitative estimate of drug-likeness (QED) is 0.529. The molecular formula is C22H26FN3O2. The number of amides is 1. The number of halogens is 1. The van der Waals surface area contributed by atoms with Gasteiger partial charge in [-0.15, -0.1) is 0 Å². The maximum Gasteiger partial charge on any atom is 0.236 e. The maximum absolute atomic E-state index is 13.2. The number of H-pyrrole nitrogens is 1. The van der Waals surface area contributed by atoms with Gasteiger partial charge < -0.3 is 19.9 Å². The van der Waals surface area contributed by atoms with Crippen LogP contribution in [-0.2, 0) is 22.5 Å². The first-order valence-corrected chi connectivity index (χ1v) is 9.44. The highest BCUT2D eigenvalue weighted by Gasteiger charge is 2.15. The summed E-state index contributed by atoms with van der Waals surface area (Å²) >= 11 is 0. The Labute approximate surface area is 164 Å². The molecule has 6 heteroatoms. The van der Waals surface area contributed by atoms with Gasteiger partial charge in [-0.05, 0) is 35.7 Å². The van der Waals surface area contributed by atoms with Crippen LogP contribution in [0.3, 0.4) is 0 Å². The van der Waals surface area contributed by atoms with Crippen molar-refractivity contribution in [3.63, 3.8) is 0 Å². The molecule has 0 saturated heterocycles. The molecule has 1 amide bonds. The summed E-state index contributed by atoms with van der Waals surface area (Å²) in [4.78, 5) is 17.8. The van der Waals surface area contributed by atoms with Gasteiger partial charge in [-0.2, -0.15) is 0 Å². The Morgan fingerprint density at radius 3 is 2.75 bits per heavy atom. The molecule has 3 rings (SSSR count). The fourth-order valence-electron chi connectivity index (χ4n) is 3.18. The lowest BCUT2D eigenvalue weighted by Crippen LogP contribution is -2.39. The van der Waals surface area contributed by atoms with Crippen LogP contribution in [-0.4, -0.2) is 49.1 Å². The molecule has 0 radical (unpaired) electrons. The summed E-state index contributed by atoms with van der Waals surface area (Å²) in [5.41, 5.74) is 3.18. The van der Waals surface area contributed by atoms with Crippen molar-refractivity contribution in [3.8, 4) is 0 Å². The second kappa shape index (κ2) is 10.0. The number of rotatable bonds is 10. The molecule has 28 heavy (non-hydrogen) atoms. The number of hydrogen-bond acceptors (Lipinski definition) is 3. The zero-order valence-corrected chi connectivity index (χ0v) is 16.1. The summed E-state index contributed by atoms with van der Waals surface area (Å²) in [5, 5.41) is 4.28. The zero-order valence-electron chi connectivity index (χ0n) is 16.1. The lowest BCUT2D eigenvalue weighted by atomic mass is 10.1. The van der Waals surface area contributed by atoms with Gasteiger partial charge >= 0.3 is 0 Å². The van der Waals surface area contributed by atoms with Crippen LogP contribution in [0, 0.1) is 5.82 Å². The number of hydrogen-bond donors (Lipinski definition) is 2. The molecular weight excluding hydrogens is 357 g/mol. The Bertz CT molecular complexity index is 892. The summed E-state index contributed by atoms with van der Waals surface area (Å²) in [5.74, 6) is -0.262. The fourth-order valence-corrected chi connectivity index (χ4v) is 3.18. The number of aromatic nitrogens is 1. The molecule has 2 N–H and O–H groups in total. The number of carbonyl (C=O) groups excluding carboxylic acids is 1. The average molecular weight is 383 g/mol. The third kappa shape index (κ3) is 5.41. The Morgan fingerprint density at radius 2 is 1.96 bits per heavy atom. The molecule has 3 aromatic rings. The molecule has 0 aliphatic carbocycles. The number of nitrogens with one attached hydrogen (secondary N) is 2. The van der Waals surface area contributed by atoms with E-state index in [1.165, 1.54) is 23.1 Å². The van der Waals surface area contributed by atoms with Gasteiger partial charge in [0.1, 0.15) is 5.82 Å². The summed E-state index contributed by atoms with van der Waals surface area (Å²) in [7, 11) is 1.63. The highest BCUT2D eigenvalue weighted by molar-refractivity contribution is 5.83. The molecule has 1 aromatic heterocycles. The lowest BCUT2D eigenvalue weighted by Gasteiger charge is -2.23. The molecule has 0 bridgehead atoms. The minimum Gasteiger partial charge on any atom is -0.383 e. The first-order chi connectivity index (χ1) is 13.7. The van der Waals surface area contributed by atoms with Crippen LogP contribution >= 0.6 is 0 Å². The molecule has 0 atom stereocenters. The minimum absolute atomic E-state index is 0.0141. The van der Waals surface area contributed by atoms with Crippen LogP contribution in [0.2, 0.25) is 0 Å². The standard InChI is InChI=1S/C22H26FN3O2/c1-28-13-11-24-15-22(27)26(16-17-6-8-19(23)9-7-17)12-10-18-14-25-21-5-3-2-4-20(18)21/h2-9,14,24-25H,10-13,15-16H2,1H3. The molecule has 5 nitrogen and oxygen atoms in total. The summed E-state index contributed by atoms with van der Waals surface area (Å²) in [6.07, 6.45) is 2.75. The Morgan fingerprint density at radius 1 is 1.18 bits per heavy atom. The van der Waals surface area contributed by atoms with E-state index in [1.807, 2.05) is 29.3 Å². The third-order valence-electron chi connectivity index (χ3n) is 4.72. The number of nitrogens with zero attached hydrogens (tertiary/aromatic N) is 1. The van der Waals surface area contributed by atoms with Crippen LogP contribution in [0.5, 0.6) is 0 Å². The van der Waals surface area contributed by atoms with E-state index in [9.17, 15) is 9.18 Å². The normalized spacial score (nSPS) is 11.1. The molecule has 1 heterocycles. The molecule has 2 aromatic carbocycles. The fraction of sp³-hybridized carbons (Fsp3) is 0.318. The smallest absolute Gasteiger partial charge is 0.236 e.